The summed E-state index contributed by atoms with van der Waals surface area (Å²) in [6, 6.07) is 15.1. The third kappa shape index (κ3) is 2.60. The molecule has 3 rings (SSSR count). The van der Waals surface area contributed by atoms with Crippen molar-refractivity contribution < 1.29 is 0 Å². The van der Waals surface area contributed by atoms with Crippen LogP contribution in [-0.2, 0) is 0 Å². The number of fused-ring (bicyclic) bond motifs is 3. The summed E-state index contributed by atoms with van der Waals surface area (Å²) in [5.41, 5.74) is 1.22. The number of rotatable bonds is 4. The van der Waals surface area contributed by atoms with Gasteiger partial charge in [0.25, 0.3) is 0 Å². The first-order valence-corrected chi connectivity index (χ1v) is 7.62. The minimum atomic E-state index is 0.842. The van der Waals surface area contributed by atoms with Crippen LogP contribution in [0.15, 0.2) is 47.5 Å². The van der Waals surface area contributed by atoms with Crippen molar-refractivity contribution in [1.29, 1.82) is 0 Å². The van der Waals surface area contributed by atoms with Gasteiger partial charge >= 0.3 is 0 Å². The molecule has 0 bridgehead atoms. The highest BCUT2D eigenvalue weighted by molar-refractivity contribution is 7.26. The Hall–Kier alpha value is -1.71. The van der Waals surface area contributed by atoms with E-state index < -0.39 is 0 Å². The van der Waals surface area contributed by atoms with Gasteiger partial charge in [-0.05, 0) is 20.2 Å². The van der Waals surface area contributed by atoms with E-state index in [0.29, 0.717) is 0 Å². The van der Waals surface area contributed by atoms with E-state index >= 15 is 0 Å². The lowest BCUT2D eigenvalue weighted by Crippen LogP contribution is -2.15. The van der Waals surface area contributed by atoms with Gasteiger partial charge in [-0.25, -0.2) is 0 Å². The van der Waals surface area contributed by atoms with Crippen LogP contribution in [0.1, 0.15) is 5.56 Å². The number of aliphatic imine (C=N–C) groups is 1. The Balaban J connectivity index is 1.99. The van der Waals surface area contributed by atoms with Gasteiger partial charge in [0.15, 0.2) is 0 Å². The Morgan fingerprint density at radius 3 is 2.70 bits per heavy atom. The summed E-state index contributed by atoms with van der Waals surface area (Å²) in [5.74, 6) is 0. The second kappa shape index (κ2) is 5.73. The normalized spacial score (nSPS) is 12.2. The maximum Gasteiger partial charge on any atom is 0.0516 e. The molecule has 2 aromatic carbocycles. The SMILES string of the molecule is CN(C)CCN=Cc1cccc2c1sc1ccccc12. The quantitative estimate of drug-likeness (QED) is 0.660. The van der Waals surface area contributed by atoms with Crippen molar-refractivity contribution in [2.45, 2.75) is 0 Å². The molecule has 3 heteroatoms. The number of benzene rings is 2. The molecule has 0 aliphatic heterocycles. The molecule has 0 saturated carbocycles. The lowest BCUT2D eigenvalue weighted by molar-refractivity contribution is 0.421. The molecule has 1 heterocycles. The minimum Gasteiger partial charge on any atom is -0.308 e. The molecule has 102 valence electrons. The van der Waals surface area contributed by atoms with Gasteiger partial charge in [0, 0.05) is 38.5 Å². The van der Waals surface area contributed by atoms with Crippen molar-refractivity contribution in [3.63, 3.8) is 0 Å². The summed E-state index contributed by atoms with van der Waals surface area (Å²) < 4.78 is 2.68. The number of likely N-dealkylation sites (N-methyl/N-ethyl adjacent to an activating group) is 1. The molecule has 0 amide bonds. The first-order valence-electron chi connectivity index (χ1n) is 6.80. The number of hydrogen-bond donors (Lipinski definition) is 0. The molecule has 1 aromatic heterocycles. The molecule has 0 fully saturated rings. The van der Waals surface area contributed by atoms with E-state index in [-0.39, 0.29) is 0 Å². The third-order valence-corrected chi connectivity index (χ3v) is 4.58. The van der Waals surface area contributed by atoms with E-state index in [4.69, 9.17) is 0 Å². The van der Waals surface area contributed by atoms with E-state index in [1.165, 1.54) is 25.7 Å². The zero-order valence-electron chi connectivity index (χ0n) is 11.8. The highest BCUT2D eigenvalue weighted by Gasteiger charge is 2.06. The Kier molecular flexibility index (Phi) is 3.81. The van der Waals surface area contributed by atoms with Gasteiger partial charge in [-0.1, -0.05) is 36.4 Å². The largest absolute Gasteiger partial charge is 0.308 e. The zero-order valence-corrected chi connectivity index (χ0v) is 12.7. The van der Waals surface area contributed by atoms with Crippen LogP contribution in [0.4, 0.5) is 0 Å². The average Bonchev–Trinajstić information content (AvgIpc) is 2.83. The topological polar surface area (TPSA) is 15.6 Å². The molecule has 0 aliphatic carbocycles. The highest BCUT2D eigenvalue weighted by atomic mass is 32.1. The summed E-state index contributed by atoms with van der Waals surface area (Å²) in [6.45, 7) is 1.83. The van der Waals surface area contributed by atoms with Crippen LogP contribution in [0.25, 0.3) is 20.2 Å². The molecule has 0 aliphatic rings. The number of nitrogens with zero attached hydrogens (tertiary/aromatic N) is 2. The monoisotopic (exact) mass is 282 g/mol. The molecular formula is C17H18N2S. The van der Waals surface area contributed by atoms with Gasteiger partial charge in [-0.2, -0.15) is 0 Å². The second-order valence-electron chi connectivity index (χ2n) is 5.16. The second-order valence-corrected chi connectivity index (χ2v) is 6.21. The van der Waals surface area contributed by atoms with Crippen LogP contribution >= 0.6 is 11.3 Å². The Bertz CT molecular complexity index is 756. The fourth-order valence-corrected chi connectivity index (χ4v) is 3.47. The molecule has 3 aromatic rings. The van der Waals surface area contributed by atoms with Crippen LogP contribution in [0.2, 0.25) is 0 Å². The Morgan fingerprint density at radius 2 is 1.85 bits per heavy atom. The first kappa shape index (κ1) is 13.3. The number of hydrogen-bond acceptors (Lipinski definition) is 3. The van der Waals surface area contributed by atoms with Crippen molar-refractivity contribution >= 4 is 37.7 Å². The zero-order chi connectivity index (χ0) is 13.9. The van der Waals surface area contributed by atoms with Crippen molar-refractivity contribution in [2.75, 3.05) is 27.2 Å². The lowest BCUT2D eigenvalue weighted by Gasteiger charge is -2.05. The van der Waals surface area contributed by atoms with E-state index in [9.17, 15) is 0 Å². The highest BCUT2D eigenvalue weighted by Crippen LogP contribution is 2.35. The van der Waals surface area contributed by atoms with Crippen molar-refractivity contribution in [3.8, 4) is 0 Å². The Labute approximate surface area is 123 Å². The molecule has 0 N–H and O–H groups in total. The van der Waals surface area contributed by atoms with Crippen LogP contribution in [0.3, 0.4) is 0 Å². The van der Waals surface area contributed by atoms with Crippen LogP contribution < -0.4 is 0 Å². The molecule has 2 nitrogen and oxygen atoms in total. The number of thiophene rings is 1. The average molecular weight is 282 g/mol. The summed E-state index contributed by atoms with van der Waals surface area (Å²) >= 11 is 1.85. The predicted octanol–water partition coefficient (Wildman–Crippen LogP) is 4.04. The van der Waals surface area contributed by atoms with Gasteiger partial charge in [-0.15, -0.1) is 11.3 Å². The van der Waals surface area contributed by atoms with Crippen LogP contribution in [0, 0.1) is 0 Å². The van der Waals surface area contributed by atoms with Gasteiger partial charge in [0.1, 0.15) is 0 Å². The fourth-order valence-electron chi connectivity index (χ4n) is 2.29. The lowest BCUT2D eigenvalue weighted by atomic mass is 10.1. The molecule has 0 spiro atoms. The smallest absolute Gasteiger partial charge is 0.0516 e. The van der Waals surface area contributed by atoms with Crippen molar-refractivity contribution in [3.05, 3.63) is 48.0 Å². The predicted molar refractivity (Wildman–Crippen MR) is 90.3 cm³/mol. The van der Waals surface area contributed by atoms with E-state index in [2.05, 4.69) is 66.5 Å². The molecular weight excluding hydrogens is 264 g/mol. The van der Waals surface area contributed by atoms with E-state index in [1.54, 1.807) is 0 Å². The standard InChI is InChI=1S/C17H18N2S/c1-19(2)11-10-18-12-13-6-5-8-15-14-7-3-4-9-16(14)20-17(13)15/h3-9,12H,10-11H2,1-2H3. The molecule has 0 saturated heterocycles. The molecule has 20 heavy (non-hydrogen) atoms. The van der Waals surface area contributed by atoms with Gasteiger partial charge in [-0.3, -0.25) is 4.99 Å². The van der Waals surface area contributed by atoms with Crippen molar-refractivity contribution in [2.24, 2.45) is 4.99 Å². The van der Waals surface area contributed by atoms with E-state index in [1.807, 2.05) is 17.6 Å². The third-order valence-electron chi connectivity index (χ3n) is 3.34. The summed E-state index contributed by atoms with van der Waals surface area (Å²) in [4.78, 5) is 6.69. The van der Waals surface area contributed by atoms with Gasteiger partial charge < -0.3 is 4.90 Å². The van der Waals surface area contributed by atoms with Crippen molar-refractivity contribution in [1.82, 2.24) is 4.90 Å². The summed E-state index contributed by atoms with van der Waals surface area (Å²) in [5, 5.41) is 2.68. The molecule has 0 unspecified atom stereocenters. The van der Waals surface area contributed by atoms with Crippen LogP contribution in [0.5, 0.6) is 0 Å². The molecule has 0 atom stereocenters. The minimum absolute atomic E-state index is 0.842. The fraction of sp³-hybridized carbons (Fsp3) is 0.235. The van der Waals surface area contributed by atoms with E-state index in [0.717, 1.165) is 13.1 Å². The van der Waals surface area contributed by atoms with Gasteiger partial charge in [0.05, 0.1) is 6.54 Å². The maximum absolute atomic E-state index is 4.54. The Morgan fingerprint density at radius 1 is 1.05 bits per heavy atom. The summed E-state index contributed by atoms with van der Waals surface area (Å²) in [7, 11) is 4.14. The van der Waals surface area contributed by atoms with Gasteiger partial charge in [0.2, 0.25) is 0 Å². The maximum atomic E-state index is 4.54. The molecule has 0 radical (unpaired) electrons. The first-order chi connectivity index (χ1) is 9.75. The summed E-state index contributed by atoms with van der Waals surface area (Å²) in [6.07, 6.45) is 2.02. The van der Waals surface area contributed by atoms with Crippen LogP contribution in [-0.4, -0.2) is 38.3 Å².